The quantitative estimate of drug-likeness (QED) is 0.355. The molecule has 0 amide bonds. The van der Waals surface area contributed by atoms with Crippen LogP contribution in [0, 0.1) is 5.92 Å². The number of hydrogen-bond acceptors (Lipinski definition) is 6. The Morgan fingerprint density at radius 3 is 2.51 bits per heavy atom. The van der Waals surface area contributed by atoms with Gasteiger partial charge in [0, 0.05) is 24.1 Å². The average molecular weight is 589 g/mol. The molecule has 3 rings (SSSR count). The van der Waals surface area contributed by atoms with E-state index in [1.54, 1.807) is 7.11 Å². The summed E-state index contributed by atoms with van der Waals surface area (Å²) in [4.78, 5) is 4.33. The van der Waals surface area contributed by atoms with E-state index in [-0.39, 0.29) is 23.4 Å². The molecule has 0 aliphatic carbocycles. The van der Waals surface area contributed by atoms with Crippen molar-refractivity contribution in [1.29, 1.82) is 0 Å². The number of rotatable bonds is 12. The number of nitrogens with zero attached hydrogens (tertiary/aromatic N) is 2. The fourth-order valence-electron chi connectivity index (χ4n) is 4.29. The van der Waals surface area contributed by atoms with Crippen molar-refractivity contribution in [2.75, 3.05) is 53.6 Å². The third-order valence-electron chi connectivity index (χ3n) is 6.43. The van der Waals surface area contributed by atoms with Gasteiger partial charge < -0.3 is 19.3 Å². The summed E-state index contributed by atoms with van der Waals surface area (Å²) in [6.45, 7) is 6.69. The predicted molar refractivity (Wildman–Crippen MR) is 140 cm³/mol. The molecular weight excluding hydrogens is 553 g/mol. The molecule has 37 heavy (non-hydrogen) atoms. The van der Waals surface area contributed by atoms with Crippen molar-refractivity contribution >= 4 is 15.9 Å². The van der Waals surface area contributed by atoms with Crippen molar-refractivity contribution < 1.29 is 32.5 Å². The highest BCUT2D eigenvalue weighted by Gasteiger charge is 2.33. The number of ether oxygens (including phenoxy) is 3. The molecule has 1 unspecified atom stereocenters. The van der Waals surface area contributed by atoms with Crippen molar-refractivity contribution in [3.05, 3.63) is 52.0 Å². The lowest BCUT2D eigenvalue weighted by Crippen LogP contribution is -2.35. The number of likely N-dealkylation sites (N-methyl/N-ethyl adjacent to an activating group) is 1. The van der Waals surface area contributed by atoms with Crippen LogP contribution in [0.1, 0.15) is 30.9 Å². The Bertz CT molecular complexity index is 1000. The molecule has 1 atom stereocenters. The van der Waals surface area contributed by atoms with Crippen LogP contribution in [0.2, 0.25) is 0 Å². The number of benzene rings is 2. The molecule has 1 N–H and O–H groups in total. The van der Waals surface area contributed by atoms with Gasteiger partial charge in [-0.25, -0.2) is 0 Å². The maximum Gasteiger partial charge on any atom is 0.417 e. The average Bonchev–Trinajstić information content (AvgIpc) is 2.84. The largest absolute Gasteiger partial charge is 0.493 e. The van der Waals surface area contributed by atoms with Gasteiger partial charge in [-0.1, -0.05) is 28.9 Å². The standard InChI is InChI=1S/C27H36BrF3N2O4/c1-19-8-10-33(11-9-19)12-13-36-25-7-4-20(14-26(25)35-3)16-32(2)17-21(34)18-37-22-5-6-24(28)23(15-22)27(29,30)31/h4-7,14-15,19,21,34H,8-13,16-18H2,1-3H3. The van der Waals surface area contributed by atoms with Crippen molar-refractivity contribution in [1.82, 2.24) is 9.80 Å². The Morgan fingerprint density at radius 2 is 1.84 bits per heavy atom. The molecule has 206 valence electrons. The van der Waals surface area contributed by atoms with E-state index in [0.717, 1.165) is 37.2 Å². The summed E-state index contributed by atoms with van der Waals surface area (Å²) < 4.78 is 56.1. The molecule has 1 fully saturated rings. The molecule has 0 radical (unpaired) electrons. The molecule has 0 saturated carbocycles. The lowest BCUT2D eigenvalue weighted by Gasteiger charge is -2.30. The molecule has 6 nitrogen and oxygen atoms in total. The number of methoxy groups -OCH3 is 1. The number of likely N-dealkylation sites (tertiary alicyclic amines) is 1. The molecular formula is C27H36BrF3N2O4. The maximum absolute atomic E-state index is 13.1. The van der Waals surface area contributed by atoms with E-state index in [2.05, 4.69) is 27.8 Å². The maximum atomic E-state index is 13.1. The minimum absolute atomic E-state index is 0.0485. The second-order valence-corrected chi connectivity index (χ2v) is 10.5. The SMILES string of the molecule is COc1cc(CN(C)CC(O)COc2ccc(Br)c(C(F)(F)F)c2)ccc1OCCN1CCC(C)CC1. The fraction of sp³-hybridized carbons (Fsp3) is 0.556. The van der Waals surface area contributed by atoms with Crippen LogP contribution in [0.25, 0.3) is 0 Å². The monoisotopic (exact) mass is 588 g/mol. The highest BCUT2D eigenvalue weighted by Crippen LogP contribution is 2.37. The van der Waals surface area contributed by atoms with Crippen molar-refractivity contribution in [2.24, 2.45) is 5.92 Å². The van der Waals surface area contributed by atoms with E-state index in [0.29, 0.717) is 24.7 Å². The number of aliphatic hydroxyl groups is 1. The summed E-state index contributed by atoms with van der Waals surface area (Å²) in [6.07, 6.45) is -2.92. The van der Waals surface area contributed by atoms with Crippen molar-refractivity contribution in [2.45, 2.75) is 38.6 Å². The lowest BCUT2D eigenvalue weighted by molar-refractivity contribution is -0.138. The van der Waals surface area contributed by atoms with Crippen LogP contribution >= 0.6 is 15.9 Å². The van der Waals surface area contributed by atoms with Crippen LogP contribution < -0.4 is 14.2 Å². The molecule has 1 aliphatic heterocycles. The summed E-state index contributed by atoms with van der Waals surface area (Å²) in [7, 11) is 3.45. The molecule has 2 aromatic rings. The molecule has 1 aliphatic rings. The molecule has 1 heterocycles. The Hall–Kier alpha value is -2.01. The molecule has 0 aromatic heterocycles. The first-order valence-corrected chi connectivity index (χ1v) is 13.2. The topological polar surface area (TPSA) is 54.4 Å². The molecule has 1 saturated heterocycles. The number of halogens is 4. The number of hydrogen-bond donors (Lipinski definition) is 1. The van der Waals surface area contributed by atoms with E-state index >= 15 is 0 Å². The van der Waals surface area contributed by atoms with E-state index < -0.39 is 17.8 Å². The van der Waals surface area contributed by atoms with Gasteiger partial charge in [0.05, 0.1) is 12.7 Å². The smallest absolute Gasteiger partial charge is 0.417 e. The van der Waals surface area contributed by atoms with Crippen LogP contribution in [0.15, 0.2) is 40.9 Å². The van der Waals surface area contributed by atoms with Gasteiger partial charge in [0.15, 0.2) is 11.5 Å². The van der Waals surface area contributed by atoms with Gasteiger partial charge in [-0.15, -0.1) is 0 Å². The van der Waals surface area contributed by atoms with Crippen molar-refractivity contribution in [3.8, 4) is 17.2 Å². The first kappa shape index (κ1) is 29.5. The summed E-state index contributed by atoms with van der Waals surface area (Å²) >= 11 is 2.91. The number of aliphatic hydroxyl groups excluding tert-OH is 1. The fourth-order valence-corrected chi connectivity index (χ4v) is 4.76. The van der Waals surface area contributed by atoms with Gasteiger partial charge in [-0.05, 0) is 74.8 Å². The van der Waals surface area contributed by atoms with Gasteiger partial charge in [-0.2, -0.15) is 13.2 Å². The number of alkyl halides is 3. The second kappa shape index (κ2) is 13.7. The van der Waals surface area contributed by atoms with E-state index in [4.69, 9.17) is 14.2 Å². The third kappa shape index (κ3) is 9.35. The van der Waals surface area contributed by atoms with Crippen LogP contribution in [0.4, 0.5) is 13.2 Å². The van der Waals surface area contributed by atoms with Gasteiger partial charge in [0.2, 0.25) is 0 Å². The summed E-state index contributed by atoms with van der Waals surface area (Å²) in [5.74, 6) is 2.19. The minimum Gasteiger partial charge on any atom is -0.493 e. The van der Waals surface area contributed by atoms with Gasteiger partial charge in [0.25, 0.3) is 0 Å². The Labute approximate surface area is 225 Å². The van der Waals surface area contributed by atoms with Crippen LogP contribution in [-0.2, 0) is 12.7 Å². The van der Waals surface area contributed by atoms with Crippen LogP contribution in [0.3, 0.4) is 0 Å². The minimum atomic E-state index is -4.50. The zero-order chi connectivity index (χ0) is 27.0. The van der Waals surface area contributed by atoms with Gasteiger partial charge in [0.1, 0.15) is 25.1 Å². The lowest BCUT2D eigenvalue weighted by atomic mass is 9.99. The normalized spacial score (nSPS) is 16.1. The first-order chi connectivity index (χ1) is 17.5. The van der Waals surface area contributed by atoms with Gasteiger partial charge >= 0.3 is 6.18 Å². The Kier molecular flexibility index (Phi) is 10.9. The molecule has 0 spiro atoms. The second-order valence-electron chi connectivity index (χ2n) is 9.66. The zero-order valence-corrected chi connectivity index (χ0v) is 23.1. The summed E-state index contributed by atoms with van der Waals surface area (Å²) in [5, 5.41) is 10.4. The first-order valence-electron chi connectivity index (χ1n) is 12.4. The highest BCUT2D eigenvalue weighted by atomic mass is 79.9. The Balaban J connectivity index is 1.45. The number of piperidine rings is 1. The summed E-state index contributed by atoms with van der Waals surface area (Å²) in [6, 6.07) is 9.40. The van der Waals surface area contributed by atoms with E-state index in [9.17, 15) is 18.3 Å². The molecule has 0 bridgehead atoms. The molecule has 2 aromatic carbocycles. The van der Waals surface area contributed by atoms with Crippen molar-refractivity contribution in [3.63, 3.8) is 0 Å². The zero-order valence-electron chi connectivity index (χ0n) is 21.6. The van der Waals surface area contributed by atoms with E-state index in [1.165, 1.54) is 25.0 Å². The van der Waals surface area contributed by atoms with Gasteiger partial charge in [-0.3, -0.25) is 9.80 Å². The predicted octanol–water partition coefficient (Wildman–Crippen LogP) is 5.46. The third-order valence-corrected chi connectivity index (χ3v) is 7.12. The molecule has 10 heteroatoms. The Morgan fingerprint density at radius 1 is 1.11 bits per heavy atom. The highest BCUT2D eigenvalue weighted by molar-refractivity contribution is 9.10. The summed E-state index contributed by atoms with van der Waals surface area (Å²) in [5.41, 5.74) is 0.159. The van der Waals surface area contributed by atoms with Crippen LogP contribution in [-0.4, -0.2) is 74.6 Å². The van der Waals surface area contributed by atoms with E-state index in [1.807, 2.05) is 30.1 Å². The van der Waals surface area contributed by atoms with Crippen LogP contribution in [0.5, 0.6) is 17.2 Å².